The summed E-state index contributed by atoms with van der Waals surface area (Å²) < 4.78 is 0. The van der Waals surface area contributed by atoms with Crippen molar-refractivity contribution in [3.05, 3.63) is 0 Å². The van der Waals surface area contributed by atoms with Crippen LogP contribution in [0.5, 0.6) is 0 Å². The van der Waals surface area contributed by atoms with Gasteiger partial charge in [-0.05, 0) is 6.42 Å². The van der Waals surface area contributed by atoms with E-state index < -0.39 is 24.4 Å². The molecule has 0 spiro atoms. The summed E-state index contributed by atoms with van der Waals surface area (Å²) in [5.74, 6) is -2.06. The summed E-state index contributed by atoms with van der Waals surface area (Å²) in [4.78, 5) is 21.3. The number of carbonyl (C=O) groups is 2. The molecule has 5 heteroatoms. The van der Waals surface area contributed by atoms with E-state index in [1.807, 2.05) is 0 Å². The van der Waals surface area contributed by atoms with Gasteiger partial charge in [0, 0.05) is 18.9 Å². The molecule has 0 saturated carbocycles. The van der Waals surface area contributed by atoms with Crippen molar-refractivity contribution >= 4 is 11.9 Å². The molecule has 0 aromatic carbocycles. The molecular weight excluding hydrogens is 222 g/mol. The third-order valence-corrected chi connectivity index (χ3v) is 2.49. The van der Waals surface area contributed by atoms with E-state index in [0.717, 1.165) is 19.3 Å². The number of aliphatic hydroxyl groups is 1. The van der Waals surface area contributed by atoms with Crippen molar-refractivity contribution < 1.29 is 19.8 Å². The van der Waals surface area contributed by atoms with Crippen molar-refractivity contribution in [3.63, 3.8) is 0 Å². The van der Waals surface area contributed by atoms with Gasteiger partial charge in [0.25, 0.3) is 0 Å². The highest BCUT2D eigenvalue weighted by Crippen LogP contribution is 2.04. The summed E-state index contributed by atoms with van der Waals surface area (Å²) in [6, 6.07) is 0. The number of rotatable bonds is 10. The lowest BCUT2D eigenvalue weighted by Crippen LogP contribution is -2.39. The number of aliphatic hydroxyl groups excluding tert-OH is 1. The fourth-order valence-electron chi connectivity index (χ4n) is 1.49. The van der Waals surface area contributed by atoms with E-state index >= 15 is 0 Å². The van der Waals surface area contributed by atoms with Crippen molar-refractivity contribution in [2.24, 2.45) is 0 Å². The lowest BCUT2D eigenvalue weighted by molar-refractivity contribution is -0.307. The largest absolute Gasteiger partial charge is 0.550 e. The molecule has 1 amide bonds. The fourth-order valence-corrected chi connectivity index (χ4v) is 1.49. The minimum absolute atomic E-state index is 0.481. The topological polar surface area (TPSA) is 89.5 Å². The van der Waals surface area contributed by atoms with E-state index in [-0.39, 0.29) is 0 Å². The standard InChI is InChI=1S/C12H23NO4/c1-2-3-4-5-6-7-8-13-12(17)10(14)9-11(15)16/h10,14H,2-9H2,1H3,(H,13,17)(H,15,16)/p-1. The molecule has 1 unspecified atom stereocenters. The number of aliphatic carboxylic acids is 1. The third-order valence-electron chi connectivity index (χ3n) is 2.49. The Morgan fingerprint density at radius 2 is 1.76 bits per heavy atom. The van der Waals surface area contributed by atoms with E-state index in [4.69, 9.17) is 5.11 Å². The lowest BCUT2D eigenvalue weighted by Gasteiger charge is -2.11. The molecule has 2 N–H and O–H groups in total. The second-order valence-electron chi connectivity index (χ2n) is 4.15. The Hall–Kier alpha value is -1.10. The van der Waals surface area contributed by atoms with E-state index in [2.05, 4.69) is 12.2 Å². The van der Waals surface area contributed by atoms with E-state index in [9.17, 15) is 14.7 Å². The number of amides is 1. The highest BCUT2D eigenvalue weighted by molar-refractivity contribution is 5.84. The molecule has 0 aliphatic carbocycles. The molecule has 5 nitrogen and oxygen atoms in total. The molecule has 0 rings (SSSR count). The molecule has 17 heavy (non-hydrogen) atoms. The molecule has 0 bridgehead atoms. The zero-order valence-electron chi connectivity index (χ0n) is 10.4. The van der Waals surface area contributed by atoms with Crippen molar-refractivity contribution in [2.45, 2.75) is 58.0 Å². The first-order valence-corrected chi connectivity index (χ1v) is 6.23. The maximum Gasteiger partial charge on any atom is 0.249 e. The van der Waals surface area contributed by atoms with Crippen LogP contribution < -0.4 is 10.4 Å². The van der Waals surface area contributed by atoms with Gasteiger partial charge in [-0.1, -0.05) is 39.0 Å². The normalized spacial score (nSPS) is 12.1. The predicted octanol–water partition coefficient (Wildman–Crippen LogP) is -0.0360. The van der Waals surface area contributed by atoms with Gasteiger partial charge in [-0.2, -0.15) is 0 Å². The monoisotopic (exact) mass is 244 g/mol. The zero-order chi connectivity index (χ0) is 13.1. The van der Waals surface area contributed by atoms with Crippen LogP contribution in [0.3, 0.4) is 0 Å². The Kier molecular flexibility index (Phi) is 9.43. The minimum Gasteiger partial charge on any atom is -0.550 e. The van der Waals surface area contributed by atoms with Gasteiger partial charge in [-0.3, -0.25) is 4.79 Å². The van der Waals surface area contributed by atoms with Crippen LogP contribution in [0.4, 0.5) is 0 Å². The smallest absolute Gasteiger partial charge is 0.249 e. The first kappa shape index (κ1) is 15.9. The van der Waals surface area contributed by atoms with Crippen LogP contribution in [0.15, 0.2) is 0 Å². The molecule has 0 aromatic rings. The van der Waals surface area contributed by atoms with E-state index in [0.29, 0.717) is 6.54 Å². The van der Waals surface area contributed by atoms with Gasteiger partial charge >= 0.3 is 0 Å². The number of unbranched alkanes of at least 4 members (excludes halogenated alkanes) is 5. The summed E-state index contributed by atoms with van der Waals surface area (Å²) in [6.07, 6.45) is 4.53. The summed E-state index contributed by atoms with van der Waals surface area (Å²) in [7, 11) is 0. The fraction of sp³-hybridized carbons (Fsp3) is 0.833. The van der Waals surface area contributed by atoms with Gasteiger partial charge in [0.05, 0.1) is 0 Å². The number of hydrogen-bond donors (Lipinski definition) is 2. The van der Waals surface area contributed by atoms with Crippen molar-refractivity contribution in [2.75, 3.05) is 6.54 Å². The lowest BCUT2D eigenvalue weighted by atomic mass is 10.1. The minimum atomic E-state index is -1.50. The highest BCUT2D eigenvalue weighted by atomic mass is 16.4. The third kappa shape index (κ3) is 9.81. The molecule has 0 heterocycles. The summed E-state index contributed by atoms with van der Waals surface area (Å²) in [5.41, 5.74) is 0. The second kappa shape index (κ2) is 10.1. The van der Waals surface area contributed by atoms with Crippen molar-refractivity contribution in [3.8, 4) is 0 Å². The van der Waals surface area contributed by atoms with E-state index in [1.165, 1.54) is 19.3 Å². The molecule has 0 fully saturated rings. The molecule has 1 atom stereocenters. The maximum atomic E-state index is 11.2. The van der Waals surface area contributed by atoms with Gasteiger partial charge in [0.2, 0.25) is 5.91 Å². The average molecular weight is 244 g/mol. The molecule has 0 aromatic heterocycles. The zero-order valence-corrected chi connectivity index (χ0v) is 10.4. The molecule has 100 valence electrons. The van der Waals surface area contributed by atoms with Gasteiger partial charge in [0.1, 0.15) is 6.10 Å². The number of carboxylic acids is 1. The second-order valence-corrected chi connectivity index (χ2v) is 4.15. The maximum absolute atomic E-state index is 11.2. The average Bonchev–Trinajstić information content (AvgIpc) is 2.26. The van der Waals surface area contributed by atoms with Crippen LogP contribution in [0, 0.1) is 0 Å². The van der Waals surface area contributed by atoms with Gasteiger partial charge in [-0.25, -0.2) is 0 Å². The quantitative estimate of drug-likeness (QED) is 0.528. The van der Waals surface area contributed by atoms with Gasteiger partial charge < -0.3 is 20.3 Å². The van der Waals surface area contributed by atoms with Crippen LogP contribution in [0.2, 0.25) is 0 Å². The number of carbonyl (C=O) groups excluding carboxylic acids is 2. The molecule has 0 radical (unpaired) electrons. The number of nitrogens with one attached hydrogen (secondary N) is 1. The SMILES string of the molecule is CCCCCCCCNC(=O)C(O)CC(=O)[O-]. The summed E-state index contributed by atoms with van der Waals surface area (Å²) >= 11 is 0. The van der Waals surface area contributed by atoms with Crippen LogP contribution in [0.1, 0.15) is 51.9 Å². The summed E-state index contributed by atoms with van der Waals surface area (Å²) in [6.45, 7) is 2.63. The molecular formula is C12H22NO4-. The van der Waals surface area contributed by atoms with Crippen LogP contribution in [0.25, 0.3) is 0 Å². The van der Waals surface area contributed by atoms with Crippen LogP contribution in [-0.4, -0.2) is 29.6 Å². The Morgan fingerprint density at radius 3 is 2.35 bits per heavy atom. The van der Waals surface area contributed by atoms with Gasteiger partial charge in [-0.15, -0.1) is 0 Å². The Morgan fingerprint density at radius 1 is 1.18 bits per heavy atom. The first-order chi connectivity index (χ1) is 8.07. The first-order valence-electron chi connectivity index (χ1n) is 6.23. The Balaban J connectivity index is 3.41. The Bertz CT molecular complexity index is 231. The predicted molar refractivity (Wildman–Crippen MR) is 62.0 cm³/mol. The Labute approximate surface area is 102 Å². The number of hydrogen-bond acceptors (Lipinski definition) is 4. The van der Waals surface area contributed by atoms with Crippen molar-refractivity contribution in [1.82, 2.24) is 5.32 Å². The van der Waals surface area contributed by atoms with E-state index in [1.54, 1.807) is 0 Å². The van der Waals surface area contributed by atoms with Gasteiger partial charge in [0.15, 0.2) is 0 Å². The number of carboxylic acid groups (broad SMARTS) is 1. The summed E-state index contributed by atoms with van der Waals surface area (Å²) in [5, 5.41) is 21.8. The van der Waals surface area contributed by atoms with Crippen molar-refractivity contribution in [1.29, 1.82) is 0 Å². The molecule has 0 aliphatic heterocycles. The molecule has 0 saturated heterocycles. The van der Waals surface area contributed by atoms with Crippen LogP contribution >= 0.6 is 0 Å². The highest BCUT2D eigenvalue weighted by Gasteiger charge is 2.13. The molecule has 0 aliphatic rings. The van der Waals surface area contributed by atoms with Crippen LogP contribution in [-0.2, 0) is 9.59 Å².